The second-order valence-corrected chi connectivity index (χ2v) is 6.40. The van der Waals surface area contributed by atoms with Crippen LogP contribution in [-0.4, -0.2) is 43.2 Å². The molecule has 26 heavy (non-hydrogen) atoms. The predicted molar refractivity (Wildman–Crippen MR) is 95.3 cm³/mol. The molecule has 0 saturated carbocycles. The summed E-state index contributed by atoms with van der Waals surface area (Å²) in [4.78, 5) is 14.3. The van der Waals surface area contributed by atoms with Crippen molar-refractivity contribution in [2.45, 2.75) is 18.8 Å². The Hall–Kier alpha value is -2.76. The molecular weight excluding hydrogens is 337 g/mol. The van der Waals surface area contributed by atoms with Crippen molar-refractivity contribution < 1.29 is 23.8 Å². The number of phenolic OH excluding ortho intramolecular Hbond substituents is 1. The van der Waals surface area contributed by atoms with E-state index < -0.39 is 11.6 Å². The number of amides is 1. The normalized spacial score (nSPS) is 16.6. The maximum atomic E-state index is 13.4. The van der Waals surface area contributed by atoms with Crippen LogP contribution in [0.15, 0.2) is 36.4 Å². The summed E-state index contributed by atoms with van der Waals surface area (Å²) < 4.78 is 24.2. The fourth-order valence-electron chi connectivity index (χ4n) is 3.35. The number of hydrogen-bond acceptors (Lipinski definition) is 4. The van der Waals surface area contributed by atoms with Crippen molar-refractivity contribution in [3.63, 3.8) is 0 Å². The zero-order chi connectivity index (χ0) is 18.7. The third-order valence-electron chi connectivity index (χ3n) is 4.79. The average Bonchev–Trinajstić information content (AvgIpc) is 3.14. The zero-order valence-electron chi connectivity index (χ0n) is 14.9. The topological polar surface area (TPSA) is 59.0 Å². The molecule has 1 N–H and O–H groups in total. The minimum absolute atomic E-state index is 0.0561. The quantitative estimate of drug-likeness (QED) is 0.891. The fourth-order valence-corrected chi connectivity index (χ4v) is 3.35. The van der Waals surface area contributed by atoms with Gasteiger partial charge in [0.25, 0.3) is 0 Å². The van der Waals surface area contributed by atoms with E-state index in [-0.39, 0.29) is 18.2 Å². The van der Waals surface area contributed by atoms with Gasteiger partial charge in [0.2, 0.25) is 5.91 Å². The predicted octanol–water partition coefficient (Wildman–Crippen LogP) is 3.11. The van der Waals surface area contributed by atoms with Gasteiger partial charge in [0.1, 0.15) is 11.5 Å². The molecule has 0 radical (unpaired) electrons. The molecule has 1 heterocycles. The van der Waals surface area contributed by atoms with Gasteiger partial charge in [-0.1, -0.05) is 6.07 Å². The molecule has 3 rings (SSSR count). The Morgan fingerprint density at radius 1 is 1.23 bits per heavy atom. The molecule has 1 saturated heterocycles. The number of phenols is 1. The fraction of sp³-hybridized carbons (Fsp3) is 0.350. The molecule has 1 amide bonds. The lowest BCUT2D eigenvalue weighted by atomic mass is 9.97. The van der Waals surface area contributed by atoms with Gasteiger partial charge in [-0.25, -0.2) is 4.39 Å². The summed E-state index contributed by atoms with van der Waals surface area (Å²) in [5.74, 6) is 0.527. The van der Waals surface area contributed by atoms with Crippen LogP contribution in [0.3, 0.4) is 0 Å². The lowest BCUT2D eigenvalue weighted by molar-refractivity contribution is -0.129. The second-order valence-electron chi connectivity index (χ2n) is 6.40. The molecule has 2 aromatic carbocycles. The SMILES string of the molecule is COc1ccc(OC)c([C@@H]2CCN(C(=O)Cc3ccc(O)c(F)c3)C2)c1. The van der Waals surface area contributed by atoms with E-state index in [0.29, 0.717) is 18.7 Å². The Labute approximate surface area is 152 Å². The lowest BCUT2D eigenvalue weighted by Crippen LogP contribution is -2.29. The minimum Gasteiger partial charge on any atom is -0.505 e. The van der Waals surface area contributed by atoms with Gasteiger partial charge in [-0.05, 0) is 42.3 Å². The van der Waals surface area contributed by atoms with Crippen molar-refractivity contribution in [1.82, 2.24) is 4.90 Å². The molecule has 5 nitrogen and oxygen atoms in total. The van der Waals surface area contributed by atoms with Gasteiger partial charge in [0.05, 0.1) is 20.6 Å². The van der Waals surface area contributed by atoms with Gasteiger partial charge < -0.3 is 19.5 Å². The summed E-state index contributed by atoms with van der Waals surface area (Å²) in [6, 6.07) is 9.71. The molecule has 0 aliphatic carbocycles. The number of likely N-dealkylation sites (tertiary alicyclic amines) is 1. The Morgan fingerprint density at radius 3 is 2.73 bits per heavy atom. The Kier molecular flexibility index (Phi) is 5.30. The van der Waals surface area contributed by atoms with E-state index in [4.69, 9.17) is 9.47 Å². The van der Waals surface area contributed by atoms with Gasteiger partial charge in [-0.3, -0.25) is 4.79 Å². The van der Waals surface area contributed by atoms with Gasteiger partial charge in [0, 0.05) is 24.6 Å². The van der Waals surface area contributed by atoms with E-state index in [1.165, 1.54) is 12.1 Å². The van der Waals surface area contributed by atoms with Crippen molar-refractivity contribution in [2.75, 3.05) is 27.3 Å². The molecule has 1 aliphatic heterocycles. The van der Waals surface area contributed by atoms with E-state index in [0.717, 1.165) is 23.5 Å². The van der Waals surface area contributed by atoms with E-state index in [9.17, 15) is 14.3 Å². The molecule has 138 valence electrons. The third-order valence-corrected chi connectivity index (χ3v) is 4.79. The highest BCUT2D eigenvalue weighted by Crippen LogP contribution is 2.36. The molecule has 0 unspecified atom stereocenters. The highest BCUT2D eigenvalue weighted by molar-refractivity contribution is 5.79. The van der Waals surface area contributed by atoms with E-state index in [1.807, 2.05) is 18.2 Å². The second kappa shape index (κ2) is 7.64. The van der Waals surface area contributed by atoms with Crippen molar-refractivity contribution >= 4 is 5.91 Å². The molecule has 0 bridgehead atoms. The number of aromatic hydroxyl groups is 1. The van der Waals surface area contributed by atoms with Crippen molar-refractivity contribution in [3.8, 4) is 17.2 Å². The van der Waals surface area contributed by atoms with Crippen LogP contribution in [0.4, 0.5) is 4.39 Å². The number of hydrogen-bond donors (Lipinski definition) is 1. The smallest absolute Gasteiger partial charge is 0.227 e. The number of ether oxygens (including phenoxy) is 2. The molecule has 1 atom stereocenters. The molecule has 1 fully saturated rings. The first-order chi connectivity index (χ1) is 12.5. The minimum atomic E-state index is -0.712. The Balaban J connectivity index is 1.70. The summed E-state index contributed by atoms with van der Waals surface area (Å²) in [5, 5.41) is 9.25. The van der Waals surface area contributed by atoms with Crippen LogP contribution < -0.4 is 9.47 Å². The van der Waals surface area contributed by atoms with Crippen LogP contribution in [0.1, 0.15) is 23.5 Å². The maximum absolute atomic E-state index is 13.4. The number of carbonyl (C=O) groups is 1. The Bertz CT molecular complexity index is 808. The van der Waals surface area contributed by atoms with Crippen LogP contribution in [0, 0.1) is 5.82 Å². The number of rotatable bonds is 5. The summed E-state index contributed by atoms with van der Waals surface area (Å²) in [6.07, 6.45) is 0.943. The van der Waals surface area contributed by atoms with Crippen LogP contribution in [0.5, 0.6) is 17.2 Å². The first-order valence-electron chi connectivity index (χ1n) is 8.49. The van der Waals surface area contributed by atoms with Crippen molar-refractivity contribution in [3.05, 3.63) is 53.3 Å². The highest BCUT2D eigenvalue weighted by Gasteiger charge is 2.29. The Morgan fingerprint density at radius 2 is 2.04 bits per heavy atom. The van der Waals surface area contributed by atoms with Crippen LogP contribution in [-0.2, 0) is 11.2 Å². The third kappa shape index (κ3) is 3.74. The first kappa shape index (κ1) is 18.0. The summed E-state index contributed by atoms with van der Waals surface area (Å²) >= 11 is 0. The number of carbonyl (C=O) groups excluding carboxylic acids is 1. The molecule has 0 aromatic heterocycles. The average molecular weight is 359 g/mol. The monoisotopic (exact) mass is 359 g/mol. The van der Waals surface area contributed by atoms with Crippen molar-refractivity contribution in [2.24, 2.45) is 0 Å². The number of benzene rings is 2. The number of methoxy groups -OCH3 is 2. The molecule has 1 aliphatic rings. The summed E-state index contributed by atoms with van der Waals surface area (Å²) in [7, 11) is 3.25. The largest absolute Gasteiger partial charge is 0.505 e. The van der Waals surface area contributed by atoms with Crippen LogP contribution >= 0.6 is 0 Å². The van der Waals surface area contributed by atoms with Gasteiger partial charge in [0.15, 0.2) is 11.6 Å². The summed E-state index contributed by atoms with van der Waals surface area (Å²) in [6.45, 7) is 1.23. The van der Waals surface area contributed by atoms with Crippen LogP contribution in [0.25, 0.3) is 0 Å². The molecule has 0 spiro atoms. The standard InChI is InChI=1S/C20H22FNO4/c1-25-15-4-6-19(26-2)16(11-15)14-7-8-22(12-14)20(24)10-13-3-5-18(23)17(21)9-13/h3-6,9,11,14,23H,7-8,10,12H2,1-2H3/t14-/m1/s1. The van der Waals surface area contributed by atoms with Crippen LogP contribution in [0.2, 0.25) is 0 Å². The van der Waals surface area contributed by atoms with Gasteiger partial charge in [-0.15, -0.1) is 0 Å². The van der Waals surface area contributed by atoms with Gasteiger partial charge in [-0.2, -0.15) is 0 Å². The summed E-state index contributed by atoms with van der Waals surface area (Å²) in [5.41, 5.74) is 1.57. The van der Waals surface area contributed by atoms with E-state index >= 15 is 0 Å². The molecule has 2 aromatic rings. The molecule has 6 heteroatoms. The van der Waals surface area contributed by atoms with E-state index in [2.05, 4.69) is 0 Å². The first-order valence-corrected chi connectivity index (χ1v) is 8.49. The maximum Gasteiger partial charge on any atom is 0.227 e. The van der Waals surface area contributed by atoms with Crippen molar-refractivity contribution in [1.29, 1.82) is 0 Å². The molecular formula is C20H22FNO4. The zero-order valence-corrected chi connectivity index (χ0v) is 14.9. The number of halogens is 1. The highest BCUT2D eigenvalue weighted by atomic mass is 19.1. The number of nitrogens with zero attached hydrogens (tertiary/aromatic N) is 1. The van der Waals surface area contributed by atoms with Gasteiger partial charge >= 0.3 is 0 Å². The van der Waals surface area contributed by atoms with E-state index in [1.54, 1.807) is 25.2 Å². The lowest BCUT2D eigenvalue weighted by Gasteiger charge is -2.18.